The van der Waals surface area contributed by atoms with Gasteiger partial charge in [-0.15, -0.1) is 0 Å². The summed E-state index contributed by atoms with van der Waals surface area (Å²) in [5.41, 5.74) is 0. The Morgan fingerprint density at radius 1 is 1.33 bits per heavy atom. The Bertz CT molecular complexity index is 63.9. The van der Waals surface area contributed by atoms with Gasteiger partial charge >= 0.3 is 0 Å². The molecule has 2 heteroatoms. The summed E-state index contributed by atoms with van der Waals surface area (Å²) in [4.78, 5) is 0. The summed E-state index contributed by atoms with van der Waals surface area (Å²) in [5.74, 6) is 0.697. The minimum Gasteiger partial charge on any atom is -0.363 e. The van der Waals surface area contributed by atoms with Gasteiger partial charge in [0.1, 0.15) is 6.07 Å². The fourth-order valence-corrected chi connectivity index (χ4v) is 1.05. The molecule has 0 aromatic carbocycles. The van der Waals surface area contributed by atoms with E-state index in [0.29, 0.717) is 18.1 Å². The van der Waals surface area contributed by atoms with Crippen LogP contribution in [0, 0.1) is 5.92 Å². The number of halogens is 1. The molecule has 0 fully saturated rings. The molecule has 0 bridgehead atoms. The number of rotatable bonds is 4. The first kappa shape index (κ1) is 9.25. The highest BCUT2D eigenvalue weighted by molar-refractivity contribution is 6.17. The molecular formula is C7H15ClO. The van der Waals surface area contributed by atoms with Crippen molar-refractivity contribution in [1.29, 1.82) is 0 Å². The summed E-state index contributed by atoms with van der Waals surface area (Å²) in [6, 6.07) is 0.313. The van der Waals surface area contributed by atoms with Gasteiger partial charge < -0.3 is 4.74 Å². The molecule has 0 saturated heterocycles. The quantitative estimate of drug-likeness (QED) is 0.560. The van der Waals surface area contributed by atoms with Gasteiger partial charge in [0.05, 0.1) is 6.10 Å². The van der Waals surface area contributed by atoms with Gasteiger partial charge in [-0.2, -0.15) is 0 Å². The smallest absolute Gasteiger partial charge is 0.121 e. The van der Waals surface area contributed by atoms with Gasteiger partial charge in [0.15, 0.2) is 0 Å². The maximum atomic E-state index is 5.36. The van der Waals surface area contributed by atoms with Crippen LogP contribution in [0.5, 0.6) is 0 Å². The minimum atomic E-state index is 0.308. The second-order valence-electron chi connectivity index (χ2n) is 2.72. The molecule has 0 saturated carbocycles. The molecule has 0 amide bonds. The summed E-state index contributed by atoms with van der Waals surface area (Å²) in [6.07, 6.45) is 1.40. The van der Waals surface area contributed by atoms with Crippen molar-refractivity contribution in [3.8, 4) is 0 Å². The van der Waals surface area contributed by atoms with Crippen molar-refractivity contribution in [2.45, 2.75) is 33.3 Å². The lowest BCUT2D eigenvalue weighted by Gasteiger charge is -2.12. The third kappa shape index (κ3) is 6.13. The van der Waals surface area contributed by atoms with Gasteiger partial charge in [-0.25, -0.2) is 0 Å². The largest absolute Gasteiger partial charge is 0.363 e. The van der Waals surface area contributed by atoms with Gasteiger partial charge in [-0.1, -0.05) is 25.4 Å². The van der Waals surface area contributed by atoms with Crippen LogP contribution in [0.2, 0.25) is 0 Å². The highest BCUT2D eigenvalue weighted by atomic mass is 35.5. The predicted molar refractivity (Wildman–Crippen MR) is 40.7 cm³/mol. The Labute approximate surface area is 62.3 Å². The lowest BCUT2D eigenvalue weighted by atomic mass is 10.1. The van der Waals surface area contributed by atoms with Crippen LogP contribution in [0.15, 0.2) is 0 Å². The van der Waals surface area contributed by atoms with Crippen molar-refractivity contribution in [2.24, 2.45) is 5.92 Å². The standard InChI is InChI=1S/C7H15ClO/c1-6(2)4-7(3)9-5-8/h6-7H,4-5H2,1-3H3. The number of hydrogen-bond acceptors (Lipinski definition) is 1. The molecule has 1 nitrogen and oxygen atoms in total. The zero-order chi connectivity index (χ0) is 7.28. The highest BCUT2D eigenvalue weighted by Crippen LogP contribution is 2.07. The SMILES string of the molecule is CC(C)CC(C)OCCl. The zero-order valence-electron chi connectivity index (χ0n) is 6.36. The van der Waals surface area contributed by atoms with Crippen molar-refractivity contribution in [3.63, 3.8) is 0 Å². The van der Waals surface area contributed by atoms with Crippen LogP contribution in [-0.4, -0.2) is 12.2 Å². The number of alkyl halides is 1. The van der Waals surface area contributed by atoms with E-state index in [1.807, 2.05) is 6.92 Å². The first-order valence-electron chi connectivity index (χ1n) is 3.34. The first-order valence-corrected chi connectivity index (χ1v) is 3.87. The van der Waals surface area contributed by atoms with E-state index in [2.05, 4.69) is 13.8 Å². The minimum absolute atomic E-state index is 0.308. The Kier molecular flexibility index (Phi) is 5.21. The molecule has 0 heterocycles. The molecule has 9 heavy (non-hydrogen) atoms. The van der Waals surface area contributed by atoms with Crippen LogP contribution in [0.1, 0.15) is 27.2 Å². The molecule has 0 aliphatic rings. The predicted octanol–water partition coefficient (Wildman–Crippen LogP) is 2.63. The van der Waals surface area contributed by atoms with Gasteiger partial charge in [0, 0.05) is 0 Å². The molecular weight excluding hydrogens is 136 g/mol. The van der Waals surface area contributed by atoms with Crippen molar-refractivity contribution in [2.75, 3.05) is 6.07 Å². The monoisotopic (exact) mass is 150 g/mol. The first-order chi connectivity index (χ1) is 4.16. The second-order valence-corrected chi connectivity index (χ2v) is 2.93. The molecule has 0 N–H and O–H groups in total. The van der Waals surface area contributed by atoms with E-state index in [-0.39, 0.29) is 0 Å². The highest BCUT2D eigenvalue weighted by Gasteiger charge is 2.02. The topological polar surface area (TPSA) is 9.23 Å². The van der Waals surface area contributed by atoms with Gasteiger partial charge in [0.25, 0.3) is 0 Å². The summed E-state index contributed by atoms with van der Waals surface area (Å²) in [7, 11) is 0. The normalized spacial score (nSPS) is 14.3. The maximum absolute atomic E-state index is 5.36. The second kappa shape index (κ2) is 5.07. The van der Waals surface area contributed by atoms with E-state index >= 15 is 0 Å². The van der Waals surface area contributed by atoms with Crippen molar-refractivity contribution < 1.29 is 4.74 Å². The summed E-state index contributed by atoms with van der Waals surface area (Å²) < 4.78 is 5.12. The molecule has 0 radical (unpaired) electrons. The summed E-state index contributed by atoms with van der Waals surface area (Å²) in [6.45, 7) is 6.39. The molecule has 1 atom stereocenters. The van der Waals surface area contributed by atoms with Gasteiger partial charge in [-0.05, 0) is 19.3 Å². The van der Waals surface area contributed by atoms with E-state index in [1.54, 1.807) is 0 Å². The number of hydrogen-bond donors (Lipinski definition) is 0. The van der Waals surface area contributed by atoms with Crippen LogP contribution >= 0.6 is 11.6 Å². The van der Waals surface area contributed by atoms with E-state index in [0.717, 1.165) is 6.42 Å². The molecule has 0 rings (SSSR count). The maximum Gasteiger partial charge on any atom is 0.121 e. The summed E-state index contributed by atoms with van der Waals surface area (Å²) >= 11 is 5.36. The van der Waals surface area contributed by atoms with Crippen LogP contribution in [0.4, 0.5) is 0 Å². The fourth-order valence-electron chi connectivity index (χ4n) is 0.839. The van der Waals surface area contributed by atoms with E-state index in [1.165, 1.54) is 0 Å². The third-order valence-electron chi connectivity index (χ3n) is 1.15. The van der Waals surface area contributed by atoms with Crippen LogP contribution in [-0.2, 0) is 4.74 Å². The molecule has 0 aromatic heterocycles. The van der Waals surface area contributed by atoms with E-state index in [4.69, 9.17) is 16.3 Å². The Hall–Kier alpha value is 0.250. The lowest BCUT2D eigenvalue weighted by Crippen LogP contribution is -2.09. The molecule has 0 aliphatic heterocycles. The number of ether oxygens (including phenoxy) is 1. The molecule has 1 unspecified atom stereocenters. The average molecular weight is 151 g/mol. The van der Waals surface area contributed by atoms with Crippen LogP contribution in [0.25, 0.3) is 0 Å². The lowest BCUT2D eigenvalue weighted by molar-refractivity contribution is 0.0850. The molecule has 0 aliphatic carbocycles. The molecule has 0 spiro atoms. The summed E-state index contributed by atoms with van der Waals surface area (Å²) in [5, 5.41) is 0. The van der Waals surface area contributed by atoms with E-state index < -0.39 is 0 Å². The Morgan fingerprint density at radius 2 is 1.89 bits per heavy atom. The van der Waals surface area contributed by atoms with Crippen molar-refractivity contribution in [1.82, 2.24) is 0 Å². The Morgan fingerprint density at radius 3 is 2.22 bits per heavy atom. The van der Waals surface area contributed by atoms with Gasteiger partial charge in [0.2, 0.25) is 0 Å². The third-order valence-corrected chi connectivity index (χ3v) is 1.28. The van der Waals surface area contributed by atoms with Crippen LogP contribution in [0.3, 0.4) is 0 Å². The zero-order valence-corrected chi connectivity index (χ0v) is 7.11. The van der Waals surface area contributed by atoms with Gasteiger partial charge in [-0.3, -0.25) is 0 Å². The van der Waals surface area contributed by atoms with E-state index in [9.17, 15) is 0 Å². The Balaban J connectivity index is 3.15. The van der Waals surface area contributed by atoms with Crippen molar-refractivity contribution in [3.05, 3.63) is 0 Å². The van der Waals surface area contributed by atoms with Crippen LogP contribution < -0.4 is 0 Å². The fraction of sp³-hybridized carbons (Fsp3) is 1.00. The van der Waals surface area contributed by atoms with Crippen molar-refractivity contribution >= 4 is 11.6 Å². The molecule has 0 aromatic rings. The molecule has 56 valence electrons. The average Bonchev–Trinajstić information content (AvgIpc) is 1.63.